The second kappa shape index (κ2) is 12.1. The maximum Gasteiger partial charge on any atom is 0.318 e. The Hall–Kier alpha value is -2.29. The molecule has 3 rings (SSSR count). The number of hydrogen-bond donors (Lipinski definition) is 1. The number of fused-ring (bicyclic) bond motifs is 1. The molecule has 3 amide bonds. The highest BCUT2D eigenvalue weighted by atomic mass is 35.5. The number of rotatable bonds is 9. The molecule has 1 aromatic carbocycles. The molecule has 0 saturated heterocycles. The van der Waals surface area contributed by atoms with Crippen molar-refractivity contribution in [2.45, 2.75) is 52.1 Å². The zero-order valence-electron chi connectivity index (χ0n) is 21.2. The zero-order valence-corrected chi connectivity index (χ0v) is 22.8. The Morgan fingerprint density at radius 1 is 1.29 bits per heavy atom. The van der Waals surface area contributed by atoms with E-state index in [2.05, 4.69) is 16.8 Å². The molecule has 1 aliphatic rings. The number of aryl methyl sites for hydroxylation is 1. The summed E-state index contributed by atoms with van der Waals surface area (Å²) in [5, 5.41) is 5.73. The van der Waals surface area contributed by atoms with E-state index in [-0.39, 0.29) is 24.5 Å². The number of carbonyl (C=O) groups is 2. The zero-order chi connectivity index (χ0) is 25.6. The van der Waals surface area contributed by atoms with Gasteiger partial charge < -0.3 is 24.6 Å². The van der Waals surface area contributed by atoms with Crippen LogP contribution in [0.1, 0.15) is 49.2 Å². The Morgan fingerprint density at radius 2 is 2.06 bits per heavy atom. The summed E-state index contributed by atoms with van der Waals surface area (Å²) < 4.78 is 11.3. The summed E-state index contributed by atoms with van der Waals surface area (Å²) in [5.74, 6) is 0.622. The van der Waals surface area contributed by atoms with Crippen LogP contribution in [-0.4, -0.2) is 67.2 Å². The maximum atomic E-state index is 13.6. The standard InChI is InChI=1S/C26H36ClN3O4S/c1-18-15-19(7-8-21(18)27)34-17-22-20-10-14-35-23(20)9-12-30(22)24(31)16-29(11-6-13-33-5)25(32)28-26(2,3)4/h7-8,10,14-15,22H,6,9,11-13,16-17H2,1-5H3,(H,28,32)/t22-/m0/s1. The lowest BCUT2D eigenvalue weighted by molar-refractivity contribution is -0.135. The molecule has 1 N–H and O–H groups in total. The third-order valence-corrected chi connectivity index (χ3v) is 7.24. The molecule has 0 bridgehead atoms. The highest BCUT2D eigenvalue weighted by molar-refractivity contribution is 7.10. The molecular formula is C26H36ClN3O4S. The largest absolute Gasteiger partial charge is 0.491 e. The number of nitrogens with zero attached hydrogens (tertiary/aromatic N) is 2. The lowest BCUT2D eigenvalue weighted by Crippen LogP contribution is -2.53. The van der Waals surface area contributed by atoms with Crippen LogP contribution in [0, 0.1) is 6.92 Å². The van der Waals surface area contributed by atoms with E-state index in [1.54, 1.807) is 23.3 Å². The molecule has 35 heavy (non-hydrogen) atoms. The average Bonchev–Trinajstić information content (AvgIpc) is 3.27. The number of nitrogens with one attached hydrogen (secondary N) is 1. The second-order valence-corrected chi connectivity index (χ2v) is 11.2. The number of thiophene rings is 1. The van der Waals surface area contributed by atoms with E-state index >= 15 is 0 Å². The summed E-state index contributed by atoms with van der Waals surface area (Å²) in [6.07, 6.45) is 1.45. The second-order valence-electron chi connectivity index (χ2n) is 9.82. The van der Waals surface area contributed by atoms with Crippen LogP contribution in [-0.2, 0) is 16.0 Å². The van der Waals surface area contributed by atoms with Gasteiger partial charge in [0.15, 0.2) is 0 Å². The quantitative estimate of drug-likeness (QED) is 0.468. The van der Waals surface area contributed by atoms with Crippen molar-refractivity contribution < 1.29 is 19.1 Å². The third-order valence-electron chi connectivity index (χ3n) is 5.82. The van der Waals surface area contributed by atoms with E-state index in [1.165, 1.54) is 4.88 Å². The Bertz CT molecular complexity index is 1020. The van der Waals surface area contributed by atoms with Gasteiger partial charge in [0.2, 0.25) is 5.91 Å². The normalized spacial score (nSPS) is 15.5. The van der Waals surface area contributed by atoms with Crippen LogP contribution in [0.5, 0.6) is 5.75 Å². The van der Waals surface area contributed by atoms with Gasteiger partial charge in [-0.3, -0.25) is 4.79 Å². The summed E-state index contributed by atoms with van der Waals surface area (Å²) in [5.41, 5.74) is 1.66. The first-order chi connectivity index (χ1) is 16.6. The number of amides is 3. The lowest BCUT2D eigenvalue weighted by atomic mass is 10.0. The van der Waals surface area contributed by atoms with Crippen molar-refractivity contribution in [2.24, 2.45) is 0 Å². The summed E-state index contributed by atoms with van der Waals surface area (Å²) in [7, 11) is 1.63. The van der Waals surface area contributed by atoms with Crippen molar-refractivity contribution in [3.8, 4) is 5.75 Å². The number of hydrogen-bond acceptors (Lipinski definition) is 5. The molecule has 0 spiro atoms. The molecule has 1 atom stereocenters. The predicted molar refractivity (Wildman–Crippen MR) is 141 cm³/mol. The predicted octanol–water partition coefficient (Wildman–Crippen LogP) is 5.06. The van der Waals surface area contributed by atoms with E-state index in [0.29, 0.717) is 43.5 Å². The first kappa shape index (κ1) is 27.3. The molecule has 0 aliphatic carbocycles. The molecule has 2 aromatic rings. The number of methoxy groups -OCH3 is 1. The number of benzene rings is 1. The molecule has 192 valence electrons. The van der Waals surface area contributed by atoms with Crippen molar-refractivity contribution >= 4 is 34.9 Å². The number of halogens is 1. The van der Waals surface area contributed by atoms with Gasteiger partial charge in [0, 0.05) is 42.2 Å². The van der Waals surface area contributed by atoms with Crippen molar-refractivity contribution in [3.63, 3.8) is 0 Å². The highest BCUT2D eigenvalue weighted by Gasteiger charge is 2.34. The van der Waals surface area contributed by atoms with Crippen molar-refractivity contribution in [1.82, 2.24) is 15.1 Å². The van der Waals surface area contributed by atoms with E-state index in [9.17, 15) is 9.59 Å². The molecule has 0 saturated carbocycles. The van der Waals surface area contributed by atoms with Crippen molar-refractivity contribution in [3.05, 3.63) is 50.7 Å². The lowest BCUT2D eigenvalue weighted by Gasteiger charge is -2.37. The molecule has 7 nitrogen and oxygen atoms in total. The van der Waals surface area contributed by atoms with Crippen LogP contribution in [0.3, 0.4) is 0 Å². The molecule has 0 unspecified atom stereocenters. The van der Waals surface area contributed by atoms with E-state index in [0.717, 1.165) is 17.5 Å². The van der Waals surface area contributed by atoms with E-state index in [4.69, 9.17) is 21.1 Å². The van der Waals surface area contributed by atoms with E-state index in [1.807, 2.05) is 50.8 Å². The van der Waals surface area contributed by atoms with Crippen LogP contribution in [0.4, 0.5) is 4.79 Å². The van der Waals surface area contributed by atoms with Gasteiger partial charge in [-0.15, -0.1) is 11.3 Å². The number of carbonyl (C=O) groups excluding carboxylic acids is 2. The summed E-state index contributed by atoms with van der Waals surface area (Å²) >= 11 is 7.86. The smallest absolute Gasteiger partial charge is 0.318 e. The minimum Gasteiger partial charge on any atom is -0.491 e. The Balaban J connectivity index is 1.76. The fourth-order valence-electron chi connectivity index (χ4n) is 4.06. The van der Waals surface area contributed by atoms with Gasteiger partial charge in [-0.2, -0.15) is 0 Å². The van der Waals surface area contributed by atoms with Crippen molar-refractivity contribution in [2.75, 3.05) is 40.0 Å². The van der Waals surface area contributed by atoms with Gasteiger partial charge in [-0.05, 0) is 81.3 Å². The minimum absolute atomic E-state index is 0.00164. The molecule has 1 aromatic heterocycles. The van der Waals surface area contributed by atoms with Gasteiger partial charge in [-0.1, -0.05) is 11.6 Å². The highest BCUT2D eigenvalue weighted by Crippen LogP contribution is 2.34. The fraction of sp³-hybridized carbons (Fsp3) is 0.538. The first-order valence-electron chi connectivity index (χ1n) is 11.9. The third kappa shape index (κ3) is 7.59. The van der Waals surface area contributed by atoms with Crippen LogP contribution >= 0.6 is 22.9 Å². The molecule has 0 radical (unpaired) electrons. The first-order valence-corrected chi connectivity index (χ1v) is 13.2. The van der Waals surface area contributed by atoms with E-state index < -0.39 is 5.54 Å². The summed E-state index contributed by atoms with van der Waals surface area (Å²) in [4.78, 5) is 31.2. The van der Waals surface area contributed by atoms with Gasteiger partial charge in [0.25, 0.3) is 0 Å². The molecule has 1 aliphatic heterocycles. The SMILES string of the molecule is COCCCN(CC(=O)N1CCc2sccc2[C@@H]1COc1ccc(Cl)c(C)c1)C(=O)NC(C)(C)C. The van der Waals surface area contributed by atoms with Crippen LogP contribution in [0.2, 0.25) is 5.02 Å². The van der Waals surface area contributed by atoms with Crippen molar-refractivity contribution in [1.29, 1.82) is 0 Å². The minimum atomic E-state index is -0.399. The molecule has 9 heteroatoms. The fourth-order valence-corrected chi connectivity index (χ4v) is 5.11. The number of ether oxygens (including phenoxy) is 2. The Morgan fingerprint density at radius 3 is 2.74 bits per heavy atom. The maximum absolute atomic E-state index is 13.6. The van der Waals surface area contributed by atoms with Gasteiger partial charge in [0.1, 0.15) is 18.9 Å². The topological polar surface area (TPSA) is 71.1 Å². The molecule has 2 heterocycles. The van der Waals surface area contributed by atoms with Crippen LogP contribution < -0.4 is 10.1 Å². The van der Waals surface area contributed by atoms with Gasteiger partial charge >= 0.3 is 6.03 Å². The summed E-state index contributed by atoms with van der Waals surface area (Å²) in [6, 6.07) is 7.16. The average molecular weight is 522 g/mol. The monoisotopic (exact) mass is 521 g/mol. The molecule has 0 fully saturated rings. The van der Waals surface area contributed by atoms with Gasteiger partial charge in [0.05, 0.1) is 6.04 Å². The summed E-state index contributed by atoms with van der Waals surface area (Å²) in [6.45, 7) is 9.58. The van der Waals surface area contributed by atoms with Gasteiger partial charge in [-0.25, -0.2) is 4.79 Å². The van der Waals surface area contributed by atoms with Crippen LogP contribution in [0.15, 0.2) is 29.6 Å². The van der Waals surface area contributed by atoms with Crippen LogP contribution in [0.25, 0.3) is 0 Å². The Labute approximate surface area is 217 Å². The molecular weight excluding hydrogens is 486 g/mol. The Kier molecular flexibility index (Phi) is 9.44. The number of urea groups is 1.